The van der Waals surface area contributed by atoms with Gasteiger partial charge in [-0.05, 0) is 35.0 Å². The molecule has 0 saturated carbocycles. The molecule has 1 heterocycles. The van der Waals surface area contributed by atoms with Crippen molar-refractivity contribution < 1.29 is 4.79 Å². The highest BCUT2D eigenvalue weighted by molar-refractivity contribution is 8.13. The average molecular weight is 306 g/mol. The highest BCUT2D eigenvalue weighted by Crippen LogP contribution is 2.25. The van der Waals surface area contributed by atoms with Crippen LogP contribution in [-0.2, 0) is 11.2 Å². The van der Waals surface area contributed by atoms with Gasteiger partial charge >= 0.3 is 0 Å². The largest absolute Gasteiger partial charge is 0.280 e. The summed E-state index contributed by atoms with van der Waals surface area (Å²) < 4.78 is 3.79. The van der Waals surface area contributed by atoms with Gasteiger partial charge in [0.05, 0.1) is 5.69 Å². The summed E-state index contributed by atoms with van der Waals surface area (Å²) in [6.07, 6.45) is 0. The monoisotopic (exact) mass is 306 g/mol. The maximum Gasteiger partial charge on any atom is 0.233 e. The minimum Gasteiger partial charge on any atom is -0.280 e. The lowest BCUT2D eigenvalue weighted by Crippen LogP contribution is -2.10. The molecular weight excluding hydrogens is 288 g/mol. The summed E-state index contributed by atoms with van der Waals surface area (Å²) in [5.41, 5.74) is 3.34. The number of hydrogen-bond acceptors (Lipinski definition) is 5. The molecule has 0 amide bonds. The maximum atomic E-state index is 12.0. The number of rotatable bonds is 3. The molecule has 2 rings (SSSR count). The third-order valence-corrected chi connectivity index (χ3v) is 4.93. The van der Waals surface area contributed by atoms with Gasteiger partial charge < -0.3 is 0 Å². The minimum absolute atomic E-state index is 0.0531. The molecular formula is C15H18N2OS2. The lowest BCUT2D eigenvalue weighted by molar-refractivity contribution is 0.109. The van der Waals surface area contributed by atoms with Gasteiger partial charge in [-0.15, -0.1) is 5.10 Å². The smallest absolute Gasteiger partial charge is 0.233 e. The average Bonchev–Trinajstić information content (AvgIpc) is 2.82. The van der Waals surface area contributed by atoms with Gasteiger partial charge in [-0.2, -0.15) is 0 Å². The number of carbonyl (C=O) groups is 1. The van der Waals surface area contributed by atoms with Crippen LogP contribution in [0.4, 0.5) is 0 Å². The molecule has 20 heavy (non-hydrogen) atoms. The molecule has 0 bridgehead atoms. The lowest BCUT2D eigenvalue weighted by Gasteiger charge is -2.19. The number of benzene rings is 1. The zero-order valence-electron chi connectivity index (χ0n) is 12.1. The second kappa shape index (κ2) is 6.06. The Labute approximate surface area is 128 Å². The zero-order chi connectivity index (χ0) is 14.8. The molecule has 1 aromatic heterocycles. The first kappa shape index (κ1) is 15.2. The van der Waals surface area contributed by atoms with Crippen LogP contribution in [-0.4, -0.2) is 14.7 Å². The molecule has 0 spiro atoms. The summed E-state index contributed by atoms with van der Waals surface area (Å²) in [6.45, 7) is 8.40. The van der Waals surface area contributed by atoms with Gasteiger partial charge in [0.25, 0.3) is 0 Å². The van der Waals surface area contributed by atoms with E-state index in [1.54, 1.807) is 0 Å². The van der Waals surface area contributed by atoms with Gasteiger partial charge in [0.15, 0.2) is 0 Å². The van der Waals surface area contributed by atoms with Crippen LogP contribution >= 0.6 is 23.3 Å². The molecule has 5 heteroatoms. The molecule has 0 aliphatic rings. The molecule has 0 aliphatic heterocycles. The molecule has 0 fully saturated rings. The molecule has 3 nitrogen and oxygen atoms in total. The number of nitrogens with zero attached hydrogens (tertiary/aromatic N) is 2. The van der Waals surface area contributed by atoms with Crippen LogP contribution in [0.1, 0.15) is 47.3 Å². The van der Waals surface area contributed by atoms with E-state index in [1.807, 2.05) is 6.92 Å². The van der Waals surface area contributed by atoms with E-state index < -0.39 is 0 Å². The fourth-order valence-electron chi connectivity index (χ4n) is 1.73. The Hall–Kier alpha value is -1.20. The van der Waals surface area contributed by atoms with Crippen molar-refractivity contribution >= 4 is 28.4 Å². The number of aromatic nitrogens is 2. The molecule has 0 radical (unpaired) electrons. The van der Waals surface area contributed by atoms with Gasteiger partial charge in [-0.1, -0.05) is 61.3 Å². The fraction of sp³-hybridized carbons (Fsp3) is 0.400. The summed E-state index contributed by atoms with van der Waals surface area (Å²) in [6, 6.07) is 8.47. The Morgan fingerprint density at radius 3 is 2.40 bits per heavy atom. The fourth-order valence-corrected chi connectivity index (χ4v) is 3.28. The first-order chi connectivity index (χ1) is 9.38. The predicted molar refractivity (Wildman–Crippen MR) is 85.4 cm³/mol. The lowest BCUT2D eigenvalue weighted by atomic mass is 9.87. The summed E-state index contributed by atoms with van der Waals surface area (Å²) in [5, 5.41) is 3.92. The Kier molecular flexibility index (Phi) is 4.60. The predicted octanol–water partition coefficient (Wildman–Crippen LogP) is 4.22. The normalized spacial score (nSPS) is 11.6. The van der Waals surface area contributed by atoms with E-state index in [0.29, 0.717) is 10.6 Å². The van der Waals surface area contributed by atoms with E-state index in [0.717, 1.165) is 11.3 Å². The van der Waals surface area contributed by atoms with Gasteiger partial charge in [-0.25, -0.2) is 0 Å². The van der Waals surface area contributed by atoms with Crippen LogP contribution < -0.4 is 0 Å². The molecule has 0 unspecified atom stereocenters. The third-order valence-electron chi connectivity index (χ3n) is 3.03. The van der Waals surface area contributed by atoms with E-state index in [-0.39, 0.29) is 10.5 Å². The van der Waals surface area contributed by atoms with Crippen LogP contribution in [0.5, 0.6) is 0 Å². The van der Waals surface area contributed by atoms with Crippen LogP contribution in [0.25, 0.3) is 0 Å². The summed E-state index contributed by atoms with van der Waals surface area (Å²) >= 11 is 2.47. The van der Waals surface area contributed by atoms with E-state index in [2.05, 4.69) is 54.6 Å². The topological polar surface area (TPSA) is 42.9 Å². The van der Waals surface area contributed by atoms with Crippen LogP contribution in [0.3, 0.4) is 0 Å². The quantitative estimate of drug-likeness (QED) is 0.851. The number of thioether (sulfide) groups is 1. The van der Waals surface area contributed by atoms with E-state index in [9.17, 15) is 4.79 Å². The van der Waals surface area contributed by atoms with Gasteiger partial charge in [-0.3, -0.25) is 4.79 Å². The molecule has 0 aliphatic carbocycles. The number of carbonyl (C=O) groups excluding carboxylic acids is 1. The van der Waals surface area contributed by atoms with Gasteiger partial charge in [0.2, 0.25) is 5.12 Å². The minimum atomic E-state index is 0.0531. The van der Waals surface area contributed by atoms with Crippen LogP contribution in [0.2, 0.25) is 0 Å². The van der Waals surface area contributed by atoms with E-state index >= 15 is 0 Å². The second-order valence-corrected chi connectivity index (χ2v) is 7.41. The molecule has 106 valence electrons. The maximum absolute atomic E-state index is 12.0. The first-order valence-corrected chi connectivity index (χ1v) is 8.19. The highest BCUT2D eigenvalue weighted by atomic mass is 32.2. The molecule has 2 aromatic rings. The summed E-state index contributed by atoms with van der Waals surface area (Å²) in [7, 11) is 0. The standard InChI is InChI=1S/C15H18N2OS2/c1-10-13(20-17-16-10)14(18)19-9-11-5-7-12(8-6-11)15(2,3)4/h5-8H,9H2,1-4H3. The van der Waals surface area contributed by atoms with Crippen molar-refractivity contribution in [1.29, 1.82) is 0 Å². The van der Waals surface area contributed by atoms with Crippen molar-refractivity contribution in [2.75, 3.05) is 0 Å². The number of aryl methyl sites for hydroxylation is 1. The van der Waals surface area contributed by atoms with E-state index in [1.165, 1.54) is 28.9 Å². The van der Waals surface area contributed by atoms with Crippen molar-refractivity contribution in [3.8, 4) is 0 Å². The van der Waals surface area contributed by atoms with Crippen LogP contribution in [0.15, 0.2) is 24.3 Å². The van der Waals surface area contributed by atoms with Crippen molar-refractivity contribution in [3.63, 3.8) is 0 Å². The van der Waals surface area contributed by atoms with Crippen molar-refractivity contribution in [2.24, 2.45) is 0 Å². The first-order valence-electron chi connectivity index (χ1n) is 6.43. The van der Waals surface area contributed by atoms with Crippen molar-refractivity contribution in [1.82, 2.24) is 9.59 Å². The van der Waals surface area contributed by atoms with Crippen molar-refractivity contribution in [3.05, 3.63) is 46.0 Å². The summed E-state index contributed by atoms with van der Waals surface area (Å²) in [4.78, 5) is 12.7. The highest BCUT2D eigenvalue weighted by Gasteiger charge is 2.15. The zero-order valence-corrected chi connectivity index (χ0v) is 13.8. The summed E-state index contributed by atoms with van der Waals surface area (Å²) in [5.74, 6) is 0.681. The number of hydrogen-bond donors (Lipinski definition) is 0. The second-order valence-electron chi connectivity index (χ2n) is 5.71. The molecule has 0 saturated heterocycles. The van der Waals surface area contributed by atoms with Crippen molar-refractivity contribution in [2.45, 2.75) is 38.9 Å². The SMILES string of the molecule is Cc1nnsc1C(=O)SCc1ccc(C(C)(C)C)cc1. The van der Waals surface area contributed by atoms with E-state index in [4.69, 9.17) is 0 Å². The third kappa shape index (κ3) is 3.67. The Morgan fingerprint density at radius 2 is 1.90 bits per heavy atom. The van der Waals surface area contributed by atoms with Gasteiger partial charge in [0.1, 0.15) is 4.88 Å². The van der Waals surface area contributed by atoms with Gasteiger partial charge in [0, 0.05) is 5.75 Å². The molecule has 0 N–H and O–H groups in total. The Bertz CT molecular complexity index is 597. The Balaban J connectivity index is 1.98. The Morgan fingerprint density at radius 1 is 1.25 bits per heavy atom. The van der Waals surface area contributed by atoms with Crippen LogP contribution in [0, 0.1) is 6.92 Å². The molecule has 0 atom stereocenters. The molecule has 1 aromatic carbocycles.